The highest BCUT2D eigenvalue weighted by molar-refractivity contribution is 7.46. The number of amides is 1. The quantitative estimate of drug-likeness (QED) is 0.0636. The van der Waals surface area contributed by atoms with Gasteiger partial charge in [-0.05, 0) is 73.9 Å². The van der Waals surface area contributed by atoms with Crippen LogP contribution >= 0.6 is 7.82 Å². The zero-order chi connectivity index (χ0) is 30.3. The predicted octanol–water partition coefficient (Wildman–Crippen LogP) is 7.83. The smallest absolute Gasteiger partial charge is 0.469 e. The summed E-state index contributed by atoms with van der Waals surface area (Å²) in [6.07, 6.45) is 24.3. The molecule has 0 saturated heterocycles. The molecule has 0 fully saturated rings. The summed E-state index contributed by atoms with van der Waals surface area (Å²) in [5, 5.41) is 2.90. The molecule has 1 aromatic heterocycles. The molecule has 0 unspecified atom stereocenters. The Morgan fingerprint density at radius 3 is 2.07 bits per heavy atom. The average molecular weight is 603 g/mol. The Kier molecular flexibility index (Phi) is 18.8. The van der Waals surface area contributed by atoms with Crippen molar-refractivity contribution in [3.8, 4) is 5.75 Å². The van der Waals surface area contributed by atoms with Crippen molar-refractivity contribution in [1.29, 1.82) is 0 Å². The van der Waals surface area contributed by atoms with Crippen molar-refractivity contribution in [2.45, 2.75) is 116 Å². The van der Waals surface area contributed by atoms with Crippen LogP contribution in [0.5, 0.6) is 5.75 Å². The largest absolute Gasteiger partial charge is 0.489 e. The highest BCUT2D eigenvalue weighted by atomic mass is 31.2. The van der Waals surface area contributed by atoms with Gasteiger partial charge in [0.15, 0.2) is 0 Å². The molecule has 42 heavy (non-hydrogen) atoms. The van der Waals surface area contributed by atoms with Gasteiger partial charge in [0.25, 0.3) is 0 Å². The summed E-state index contributed by atoms with van der Waals surface area (Å²) < 4.78 is 21.8. The van der Waals surface area contributed by atoms with E-state index in [-0.39, 0.29) is 12.5 Å². The van der Waals surface area contributed by atoms with Crippen molar-refractivity contribution in [3.05, 3.63) is 72.1 Å². The Bertz CT molecular complexity index is 1040. The van der Waals surface area contributed by atoms with Gasteiger partial charge in [-0.15, -0.1) is 0 Å². The first-order valence-electron chi connectivity index (χ1n) is 15.6. The first kappa shape index (κ1) is 35.7. The van der Waals surface area contributed by atoms with Crippen LogP contribution < -0.4 is 10.1 Å². The van der Waals surface area contributed by atoms with Crippen molar-refractivity contribution in [2.24, 2.45) is 0 Å². The summed E-state index contributed by atoms with van der Waals surface area (Å²) in [6.45, 7) is 2.40. The lowest BCUT2D eigenvalue weighted by atomic mass is 10.1. The molecule has 0 aliphatic heterocycles. The SMILES string of the molecule is CCCCCCCC/C=C\CCCCCCCC(=O)N[C@H](COP(=O)(O)O)Cc1ccc(OCc2ccncc2)cc1. The molecule has 0 saturated carbocycles. The van der Waals surface area contributed by atoms with E-state index in [9.17, 15) is 9.36 Å². The first-order valence-corrected chi connectivity index (χ1v) is 17.1. The lowest BCUT2D eigenvalue weighted by molar-refractivity contribution is -0.122. The van der Waals surface area contributed by atoms with E-state index in [1.165, 1.54) is 51.4 Å². The molecule has 1 heterocycles. The number of rotatable bonds is 24. The van der Waals surface area contributed by atoms with E-state index < -0.39 is 13.9 Å². The third kappa shape index (κ3) is 18.8. The minimum atomic E-state index is -4.65. The fourth-order valence-corrected chi connectivity index (χ4v) is 5.02. The van der Waals surface area contributed by atoms with E-state index in [0.29, 0.717) is 25.2 Å². The summed E-state index contributed by atoms with van der Waals surface area (Å²) in [6, 6.07) is 10.6. The Labute approximate surface area is 252 Å². The highest BCUT2D eigenvalue weighted by Gasteiger charge is 2.20. The lowest BCUT2D eigenvalue weighted by Crippen LogP contribution is -2.39. The van der Waals surface area contributed by atoms with Crippen LogP contribution in [0.25, 0.3) is 0 Å². The topological polar surface area (TPSA) is 118 Å². The molecule has 1 aromatic carbocycles. The Morgan fingerprint density at radius 1 is 0.857 bits per heavy atom. The Morgan fingerprint density at radius 2 is 1.45 bits per heavy atom. The molecule has 0 aliphatic rings. The molecular weight excluding hydrogens is 551 g/mol. The minimum absolute atomic E-state index is 0.135. The molecule has 8 nitrogen and oxygen atoms in total. The van der Waals surface area contributed by atoms with Gasteiger partial charge < -0.3 is 19.8 Å². The number of hydrogen-bond donors (Lipinski definition) is 3. The van der Waals surface area contributed by atoms with Gasteiger partial charge in [-0.2, -0.15) is 0 Å². The fourth-order valence-electron chi connectivity index (χ4n) is 4.65. The van der Waals surface area contributed by atoms with Gasteiger partial charge in [0.1, 0.15) is 12.4 Å². The lowest BCUT2D eigenvalue weighted by Gasteiger charge is -2.19. The van der Waals surface area contributed by atoms with Crippen LogP contribution in [-0.2, 0) is 26.9 Å². The van der Waals surface area contributed by atoms with Crippen molar-refractivity contribution in [2.75, 3.05) is 6.61 Å². The second-order valence-corrected chi connectivity index (χ2v) is 12.1. The normalized spacial score (nSPS) is 12.5. The standard InChI is InChI=1S/C33H51N2O6P/c1-2-3-4-5-6-7-8-9-10-11-12-13-14-15-16-17-33(36)35-31(28-41-42(37,38)39)26-29-18-20-32(21-19-29)40-27-30-22-24-34-25-23-30/h9-10,18-25,31H,2-8,11-17,26-28H2,1H3,(H,35,36)(H2,37,38,39)/b10-9-/t31-/m0/s1. The van der Waals surface area contributed by atoms with Crippen LogP contribution in [0.2, 0.25) is 0 Å². The van der Waals surface area contributed by atoms with Crippen LogP contribution in [0.4, 0.5) is 0 Å². The number of phosphoric acid groups is 1. The highest BCUT2D eigenvalue weighted by Crippen LogP contribution is 2.35. The number of unbranched alkanes of at least 4 members (excludes halogenated alkanes) is 11. The average Bonchev–Trinajstić information content (AvgIpc) is 2.97. The van der Waals surface area contributed by atoms with Crippen LogP contribution in [-0.4, -0.2) is 33.3 Å². The molecule has 2 rings (SSSR count). The Hall–Kier alpha value is -2.51. The zero-order valence-electron chi connectivity index (χ0n) is 25.3. The van der Waals surface area contributed by atoms with E-state index in [4.69, 9.17) is 19.0 Å². The molecule has 1 amide bonds. The maximum atomic E-state index is 12.6. The van der Waals surface area contributed by atoms with Gasteiger partial charge in [0.2, 0.25) is 5.91 Å². The molecule has 0 aliphatic carbocycles. The number of hydrogen-bond acceptors (Lipinski definition) is 5. The van der Waals surface area contributed by atoms with Gasteiger partial charge in [-0.1, -0.05) is 82.6 Å². The minimum Gasteiger partial charge on any atom is -0.489 e. The maximum absolute atomic E-state index is 12.6. The van der Waals surface area contributed by atoms with Crippen LogP contribution in [0, 0.1) is 0 Å². The monoisotopic (exact) mass is 602 g/mol. The second kappa shape index (κ2) is 22.1. The van der Waals surface area contributed by atoms with Gasteiger partial charge in [0, 0.05) is 18.8 Å². The Balaban J connectivity index is 1.63. The fraction of sp³-hybridized carbons (Fsp3) is 0.576. The number of carbonyl (C=O) groups excluding carboxylic acids is 1. The number of allylic oxidation sites excluding steroid dienone is 2. The number of phosphoric ester groups is 1. The van der Waals surface area contributed by atoms with E-state index in [2.05, 4.69) is 29.4 Å². The molecule has 3 N–H and O–H groups in total. The van der Waals surface area contributed by atoms with E-state index in [1.807, 2.05) is 36.4 Å². The molecule has 0 bridgehead atoms. The third-order valence-corrected chi connectivity index (χ3v) is 7.52. The molecule has 234 valence electrons. The van der Waals surface area contributed by atoms with E-state index in [0.717, 1.165) is 43.2 Å². The maximum Gasteiger partial charge on any atom is 0.469 e. The summed E-state index contributed by atoms with van der Waals surface area (Å²) in [5.74, 6) is 0.566. The van der Waals surface area contributed by atoms with Crippen molar-refractivity contribution in [3.63, 3.8) is 0 Å². The molecule has 1 atom stereocenters. The number of ether oxygens (including phenoxy) is 1. The van der Waals surface area contributed by atoms with Crippen molar-refractivity contribution < 1.29 is 28.4 Å². The van der Waals surface area contributed by atoms with Gasteiger partial charge in [0.05, 0.1) is 12.6 Å². The summed E-state index contributed by atoms with van der Waals surface area (Å²) in [7, 11) is -4.65. The predicted molar refractivity (Wildman–Crippen MR) is 168 cm³/mol. The van der Waals surface area contributed by atoms with E-state index in [1.54, 1.807) is 12.4 Å². The molecule has 2 aromatic rings. The molecule has 0 radical (unpaired) electrons. The third-order valence-electron chi connectivity index (χ3n) is 7.03. The molecule has 9 heteroatoms. The van der Waals surface area contributed by atoms with Gasteiger partial charge in [-0.25, -0.2) is 4.57 Å². The molecular formula is C33H51N2O6P. The van der Waals surface area contributed by atoms with Crippen molar-refractivity contribution >= 4 is 13.7 Å². The number of aromatic nitrogens is 1. The summed E-state index contributed by atoms with van der Waals surface area (Å²) in [5.41, 5.74) is 1.91. The van der Waals surface area contributed by atoms with Crippen LogP contribution in [0.1, 0.15) is 108 Å². The van der Waals surface area contributed by atoms with Crippen LogP contribution in [0.15, 0.2) is 60.9 Å². The van der Waals surface area contributed by atoms with Gasteiger partial charge in [-0.3, -0.25) is 14.3 Å². The van der Waals surface area contributed by atoms with E-state index >= 15 is 0 Å². The number of benzene rings is 1. The summed E-state index contributed by atoms with van der Waals surface area (Å²) in [4.78, 5) is 34.9. The van der Waals surface area contributed by atoms with Crippen LogP contribution in [0.3, 0.4) is 0 Å². The second-order valence-electron chi connectivity index (χ2n) is 10.9. The zero-order valence-corrected chi connectivity index (χ0v) is 26.2. The number of nitrogens with one attached hydrogen (secondary N) is 1. The molecule has 0 spiro atoms. The number of pyridine rings is 1. The number of carbonyl (C=O) groups is 1. The van der Waals surface area contributed by atoms with Crippen molar-refractivity contribution in [1.82, 2.24) is 10.3 Å². The van der Waals surface area contributed by atoms with Gasteiger partial charge >= 0.3 is 7.82 Å². The number of nitrogens with zero attached hydrogens (tertiary/aromatic N) is 1. The first-order chi connectivity index (χ1) is 20.4. The summed E-state index contributed by atoms with van der Waals surface area (Å²) >= 11 is 0.